The van der Waals surface area contributed by atoms with Crippen LogP contribution in [0.25, 0.3) is 0 Å². The first kappa shape index (κ1) is 13.1. The topological polar surface area (TPSA) is 29.5 Å². The van der Waals surface area contributed by atoms with Gasteiger partial charge in [-0.15, -0.1) is 6.42 Å². The SMILES string of the molecule is C#CCN(CC)C(=O)c1ccc(OCC)cc1. The summed E-state index contributed by atoms with van der Waals surface area (Å²) in [6.45, 7) is 5.39. The highest BCUT2D eigenvalue weighted by Gasteiger charge is 2.12. The molecule has 3 heteroatoms. The highest BCUT2D eigenvalue weighted by molar-refractivity contribution is 5.94. The second-order valence-corrected chi connectivity index (χ2v) is 3.48. The Bertz CT molecular complexity index is 403. The van der Waals surface area contributed by atoms with Crippen LogP contribution in [-0.4, -0.2) is 30.5 Å². The zero-order valence-electron chi connectivity index (χ0n) is 10.3. The number of hydrogen-bond acceptors (Lipinski definition) is 2. The molecule has 0 atom stereocenters. The highest BCUT2D eigenvalue weighted by Crippen LogP contribution is 2.13. The van der Waals surface area contributed by atoms with Crippen LogP contribution in [0.2, 0.25) is 0 Å². The molecule has 0 aliphatic carbocycles. The summed E-state index contributed by atoms with van der Waals surface area (Å²) < 4.78 is 5.32. The van der Waals surface area contributed by atoms with Crippen molar-refractivity contribution in [2.75, 3.05) is 19.7 Å². The van der Waals surface area contributed by atoms with E-state index in [9.17, 15) is 4.79 Å². The molecule has 0 spiro atoms. The Hall–Kier alpha value is -1.95. The summed E-state index contributed by atoms with van der Waals surface area (Å²) in [7, 11) is 0. The number of benzene rings is 1. The Morgan fingerprint density at radius 1 is 1.35 bits per heavy atom. The fraction of sp³-hybridized carbons (Fsp3) is 0.357. The zero-order valence-corrected chi connectivity index (χ0v) is 10.3. The van der Waals surface area contributed by atoms with Crippen LogP contribution in [0.5, 0.6) is 5.75 Å². The van der Waals surface area contributed by atoms with E-state index in [1.165, 1.54) is 0 Å². The van der Waals surface area contributed by atoms with Crippen LogP contribution in [0.15, 0.2) is 24.3 Å². The van der Waals surface area contributed by atoms with E-state index >= 15 is 0 Å². The minimum absolute atomic E-state index is 0.0477. The van der Waals surface area contributed by atoms with Crippen molar-refractivity contribution in [2.45, 2.75) is 13.8 Å². The van der Waals surface area contributed by atoms with Gasteiger partial charge in [-0.1, -0.05) is 5.92 Å². The first-order valence-electron chi connectivity index (χ1n) is 5.68. The highest BCUT2D eigenvalue weighted by atomic mass is 16.5. The Morgan fingerprint density at radius 3 is 2.47 bits per heavy atom. The van der Waals surface area contributed by atoms with Gasteiger partial charge in [-0.3, -0.25) is 4.79 Å². The fourth-order valence-corrected chi connectivity index (χ4v) is 1.48. The number of amides is 1. The van der Waals surface area contributed by atoms with E-state index in [0.717, 1.165) is 5.75 Å². The lowest BCUT2D eigenvalue weighted by atomic mass is 10.2. The van der Waals surface area contributed by atoms with Crippen LogP contribution in [-0.2, 0) is 0 Å². The van der Waals surface area contributed by atoms with Crippen LogP contribution < -0.4 is 4.74 Å². The molecule has 0 bridgehead atoms. The van der Waals surface area contributed by atoms with Crippen molar-refractivity contribution in [1.82, 2.24) is 4.90 Å². The molecule has 0 unspecified atom stereocenters. The molecule has 0 fully saturated rings. The lowest BCUT2D eigenvalue weighted by Gasteiger charge is -2.18. The average Bonchev–Trinajstić information content (AvgIpc) is 2.36. The van der Waals surface area contributed by atoms with Gasteiger partial charge in [-0.2, -0.15) is 0 Å². The van der Waals surface area contributed by atoms with E-state index in [1.54, 1.807) is 29.2 Å². The van der Waals surface area contributed by atoms with Crippen LogP contribution in [0.3, 0.4) is 0 Å². The van der Waals surface area contributed by atoms with Crippen molar-refractivity contribution in [3.63, 3.8) is 0 Å². The first-order valence-corrected chi connectivity index (χ1v) is 5.68. The molecule has 0 N–H and O–H groups in total. The van der Waals surface area contributed by atoms with Crippen molar-refractivity contribution in [2.24, 2.45) is 0 Å². The molecule has 0 radical (unpaired) electrons. The van der Waals surface area contributed by atoms with Gasteiger partial charge in [0.1, 0.15) is 5.75 Å². The van der Waals surface area contributed by atoms with Gasteiger partial charge in [0.25, 0.3) is 5.91 Å². The smallest absolute Gasteiger partial charge is 0.254 e. The Kier molecular flexibility index (Phi) is 5.09. The van der Waals surface area contributed by atoms with E-state index in [1.807, 2.05) is 13.8 Å². The number of terminal acetylenes is 1. The van der Waals surface area contributed by atoms with Gasteiger partial charge >= 0.3 is 0 Å². The first-order chi connectivity index (χ1) is 8.22. The lowest BCUT2D eigenvalue weighted by Crippen LogP contribution is -2.31. The molecule has 0 aromatic heterocycles. The average molecular weight is 231 g/mol. The molecule has 90 valence electrons. The van der Waals surface area contributed by atoms with E-state index in [4.69, 9.17) is 11.2 Å². The molecular formula is C14H17NO2. The Balaban J connectivity index is 2.78. The van der Waals surface area contributed by atoms with Gasteiger partial charge in [0.2, 0.25) is 0 Å². The largest absolute Gasteiger partial charge is 0.494 e. The molecule has 0 saturated heterocycles. The number of nitrogens with zero attached hydrogens (tertiary/aromatic N) is 1. The van der Waals surface area contributed by atoms with E-state index < -0.39 is 0 Å². The zero-order chi connectivity index (χ0) is 12.7. The molecule has 1 rings (SSSR count). The second kappa shape index (κ2) is 6.59. The van der Waals surface area contributed by atoms with Gasteiger partial charge in [0.05, 0.1) is 13.2 Å². The summed E-state index contributed by atoms with van der Waals surface area (Å²) in [6.07, 6.45) is 5.22. The number of hydrogen-bond donors (Lipinski definition) is 0. The summed E-state index contributed by atoms with van der Waals surface area (Å²) >= 11 is 0. The lowest BCUT2D eigenvalue weighted by molar-refractivity contribution is 0.0785. The van der Waals surface area contributed by atoms with Crippen molar-refractivity contribution in [1.29, 1.82) is 0 Å². The van der Waals surface area contributed by atoms with Crippen LogP contribution in [0.4, 0.5) is 0 Å². The molecule has 1 aromatic rings. The molecule has 17 heavy (non-hydrogen) atoms. The molecule has 0 heterocycles. The molecule has 0 aliphatic rings. The quantitative estimate of drug-likeness (QED) is 0.727. The molecule has 0 aliphatic heterocycles. The van der Waals surface area contributed by atoms with Crippen LogP contribution in [0.1, 0.15) is 24.2 Å². The number of carbonyl (C=O) groups is 1. The summed E-state index contributed by atoms with van der Waals surface area (Å²) in [5.74, 6) is 3.20. The number of carbonyl (C=O) groups excluding carboxylic acids is 1. The summed E-state index contributed by atoms with van der Waals surface area (Å²) in [4.78, 5) is 13.6. The summed E-state index contributed by atoms with van der Waals surface area (Å²) in [5, 5.41) is 0. The minimum atomic E-state index is -0.0477. The third kappa shape index (κ3) is 3.53. The van der Waals surface area contributed by atoms with Crippen molar-refractivity contribution in [3.8, 4) is 18.1 Å². The van der Waals surface area contributed by atoms with Gasteiger partial charge < -0.3 is 9.64 Å². The maximum Gasteiger partial charge on any atom is 0.254 e. The van der Waals surface area contributed by atoms with Crippen molar-refractivity contribution < 1.29 is 9.53 Å². The van der Waals surface area contributed by atoms with Gasteiger partial charge in [-0.25, -0.2) is 0 Å². The second-order valence-electron chi connectivity index (χ2n) is 3.48. The van der Waals surface area contributed by atoms with E-state index in [2.05, 4.69) is 5.92 Å². The van der Waals surface area contributed by atoms with Crippen LogP contribution >= 0.6 is 0 Å². The van der Waals surface area contributed by atoms with Crippen LogP contribution in [0, 0.1) is 12.3 Å². The standard InChI is InChI=1S/C14H17NO2/c1-4-11-15(5-2)14(16)12-7-9-13(10-8-12)17-6-3/h1,7-10H,5-6,11H2,2-3H3. The molecule has 0 saturated carbocycles. The summed E-state index contributed by atoms with van der Waals surface area (Å²) in [5.41, 5.74) is 0.630. The monoisotopic (exact) mass is 231 g/mol. The molecule has 3 nitrogen and oxygen atoms in total. The Morgan fingerprint density at radius 2 is 2.00 bits per heavy atom. The number of rotatable bonds is 5. The fourth-order valence-electron chi connectivity index (χ4n) is 1.48. The normalized spacial score (nSPS) is 9.47. The third-order valence-corrected chi connectivity index (χ3v) is 2.36. The van der Waals surface area contributed by atoms with Crippen molar-refractivity contribution in [3.05, 3.63) is 29.8 Å². The maximum atomic E-state index is 12.0. The van der Waals surface area contributed by atoms with E-state index in [-0.39, 0.29) is 5.91 Å². The molecule has 1 aromatic carbocycles. The minimum Gasteiger partial charge on any atom is -0.494 e. The van der Waals surface area contributed by atoms with Gasteiger partial charge in [-0.05, 0) is 38.1 Å². The van der Waals surface area contributed by atoms with Gasteiger partial charge in [0, 0.05) is 12.1 Å². The third-order valence-electron chi connectivity index (χ3n) is 2.36. The maximum absolute atomic E-state index is 12.0. The van der Waals surface area contributed by atoms with E-state index in [0.29, 0.717) is 25.3 Å². The molecular weight excluding hydrogens is 214 g/mol. The van der Waals surface area contributed by atoms with Crippen molar-refractivity contribution >= 4 is 5.91 Å². The van der Waals surface area contributed by atoms with Gasteiger partial charge in [0.15, 0.2) is 0 Å². The Labute approximate surface area is 102 Å². The number of ether oxygens (including phenoxy) is 1. The predicted molar refractivity (Wildman–Crippen MR) is 68.0 cm³/mol. The summed E-state index contributed by atoms with van der Waals surface area (Å²) in [6, 6.07) is 7.10. The predicted octanol–water partition coefficient (Wildman–Crippen LogP) is 2.18. The molecule has 1 amide bonds.